The van der Waals surface area contributed by atoms with Crippen LogP contribution in [0, 0.1) is 0 Å². The molecule has 0 unspecified atom stereocenters. The van der Waals surface area contributed by atoms with Gasteiger partial charge in [0.05, 0.1) is 18.3 Å². The number of benzene rings is 1. The Hall–Kier alpha value is -1.40. The minimum atomic E-state index is -3.59. The summed E-state index contributed by atoms with van der Waals surface area (Å²) in [5.74, 6) is -1.48. The van der Waals surface area contributed by atoms with E-state index in [-0.39, 0.29) is 0 Å². The van der Waals surface area contributed by atoms with Crippen molar-refractivity contribution in [3.63, 3.8) is 0 Å². The van der Waals surface area contributed by atoms with Gasteiger partial charge in [-0.25, -0.2) is 13.1 Å². The van der Waals surface area contributed by atoms with Gasteiger partial charge < -0.3 is 9.90 Å². The average molecular weight is 228 g/mol. The standard InChI is InChI=1S/C9H11NO4S/c1-15(13,14)10-8(9(11)12)7-5-3-2-4-6-7/h2-6,8,10H,1H3,(H,11,12)/p-1/t8-/m0/s1. The molecular formula is C9H10NO4S-. The quantitative estimate of drug-likeness (QED) is 0.718. The molecule has 82 valence electrons. The molecule has 0 fully saturated rings. The second-order valence-corrected chi connectivity index (χ2v) is 4.83. The Bertz CT molecular complexity index is 440. The largest absolute Gasteiger partial charge is 0.548 e. The molecule has 1 aromatic carbocycles. The maximum Gasteiger partial charge on any atom is 0.209 e. The van der Waals surface area contributed by atoms with E-state index < -0.39 is 22.0 Å². The lowest BCUT2D eigenvalue weighted by Gasteiger charge is -2.18. The Morgan fingerprint density at radius 3 is 2.27 bits per heavy atom. The highest BCUT2D eigenvalue weighted by molar-refractivity contribution is 7.88. The van der Waals surface area contributed by atoms with E-state index in [1.807, 2.05) is 4.72 Å². The SMILES string of the molecule is CS(=O)(=O)N[C@H](C(=O)[O-])c1ccccc1. The molecule has 0 amide bonds. The van der Waals surface area contributed by atoms with Crippen LogP contribution in [0.5, 0.6) is 0 Å². The molecular weight excluding hydrogens is 218 g/mol. The van der Waals surface area contributed by atoms with Crippen LogP contribution in [-0.2, 0) is 14.8 Å². The smallest absolute Gasteiger partial charge is 0.209 e. The van der Waals surface area contributed by atoms with Gasteiger partial charge in [0.1, 0.15) is 0 Å². The van der Waals surface area contributed by atoms with Crippen molar-refractivity contribution < 1.29 is 18.3 Å². The predicted octanol–water partition coefficient (Wildman–Crippen LogP) is -0.973. The van der Waals surface area contributed by atoms with Crippen LogP contribution in [0.2, 0.25) is 0 Å². The number of rotatable bonds is 4. The highest BCUT2D eigenvalue weighted by Gasteiger charge is 2.16. The first kappa shape index (κ1) is 11.7. The fraction of sp³-hybridized carbons (Fsp3) is 0.222. The van der Waals surface area contributed by atoms with Gasteiger partial charge in [0.15, 0.2) is 0 Å². The molecule has 0 spiro atoms. The van der Waals surface area contributed by atoms with Crippen LogP contribution in [0.4, 0.5) is 0 Å². The van der Waals surface area contributed by atoms with Gasteiger partial charge in [0, 0.05) is 0 Å². The van der Waals surface area contributed by atoms with E-state index in [1.54, 1.807) is 18.2 Å². The molecule has 1 rings (SSSR count). The lowest BCUT2D eigenvalue weighted by atomic mass is 10.1. The highest BCUT2D eigenvalue weighted by atomic mass is 32.2. The van der Waals surface area contributed by atoms with Crippen LogP contribution in [0.1, 0.15) is 11.6 Å². The van der Waals surface area contributed by atoms with E-state index in [1.165, 1.54) is 12.1 Å². The average Bonchev–Trinajstić information content (AvgIpc) is 2.14. The van der Waals surface area contributed by atoms with Gasteiger partial charge in [-0.2, -0.15) is 0 Å². The lowest BCUT2D eigenvalue weighted by Crippen LogP contribution is -2.40. The molecule has 0 aromatic heterocycles. The fourth-order valence-electron chi connectivity index (χ4n) is 1.11. The van der Waals surface area contributed by atoms with Crippen LogP contribution in [0.3, 0.4) is 0 Å². The molecule has 0 aliphatic carbocycles. The molecule has 1 atom stereocenters. The molecule has 0 saturated heterocycles. The number of nitrogens with one attached hydrogen (secondary N) is 1. The Labute approximate surface area is 87.8 Å². The molecule has 5 nitrogen and oxygen atoms in total. The van der Waals surface area contributed by atoms with Crippen molar-refractivity contribution in [3.05, 3.63) is 35.9 Å². The van der Waals surface area contributed by atoms with Gasteiger partial charge >= 0.3 is 0 Å². The summed E-state index contributed by atoms with van der Waals surface area (Å²) in [6.07, 6.45) is 0.895. The second-order valence-electron chi connectivity index (χ2n) is 3.05. The van der Waals surface area contributed by atoms with Crippen molar-refractivity contribution in [1.29, 1.82) is 0 Å². The summed E-state index contributed by atoms with van der Waals surface area (Å²) < 4.78 is 23.8. The molecule has 0 radical (unpaired) electrons. The van der Waals surface area contributed by atoms with Crippen molar-refractivity contribution in [2.75, 3.05) is 6.26 Å². The number of carboxylic acid groups (broad SMARTS) is 1. The summed E-state index contributed by atoms with van der Waals surface area (Å²) >= 11 is 0. The van der Waals surface area contributed by atoms with Gasteiger partial charge in [-0.3, -0.25) is 0 Å². The maximum absolute atomic E-state index is 10.9. The predicted molar refractivity (Wildman–Crippen MR) is 52.2 cm³/mol. The molecule has 0 aliphatic rings. The van der Waals surface area contributed by atoms with Crippen LogP contribution in [0.15, 0.2) is 30.3 Å². The third-order valence-electron chi connectivity index (χ3n) is 1.70. The highest BCUT2D eigenvalue weighted by Crippen LogP contribution is 2.12. The minimum Gasteiger partial charge on any atom is -0.548 e. The van der Waals surface area contributed by atoms with E-state index >= 15 is 0 Å². The minimum absolute atomic E-state index is 0.336. The molecule has 1 N–H and O–H groups in total. The number of carbonyl (C=O) groups excluding carboxylic acids is 1. The molecule has 15 heavy (non-hydrogen) atoms. The van der Waals surface area contributed by atoms with Gasteiger partial charge in [-0.15, -0.1) is 0 Å². The second kappa shape index (κ2) is 4.41. The fourth-order valence-corrected chi connectivity index (χ4v) is 1.77. The summed E-state index contributed by atoms with van der Waals surface area (Å²) in [7, 11) is -3.59. The third-order valence-corrected chi connectivity index (χ3v) is 2.36. The van der Waals surface area contributed by atoms with Crippen molar-refractivity contribution in [2.24, 2.45) is 0 Å². The van der Waals surface area contributed by atoms with Crippen molar-refractivity contribution in [1.82, 2.24) is 4.72 Å². The molecule has 0 saturated carbocycles. The Morgan fingerprint density at radius 2 is 1.87 bits per heavy atom. The topological polar surface area (TPSA) is 86.3 Å². The monoisotopic (exact) mass is 228 g/mol. The zero-order valence-corrected chi connectivity index (χ0v) is 8.82. The van der Waals surface area contributed by atoms with E-state index in [2.05, 4.69) is 0 Å². The number of hydrogen-bond acceptors (Lipinski definition) is 4. The van der Waals surface area contributed by atoms with Gasteiger partial charge in [0.2, 0.25) is 10.0 Å². The van der Waals surface area contributed by atoms with Crippen molar-refractivity contribution in [2.45, 2.75) is 6.04 Å². The number of sulfonamides is 1. The zero-order chi connectivity index (χ0) is 11.5. The van der Waals surface area contributed by atoms with E-state index in [0.29, 0.717) is 5.56 Å². The summed E-state index contributed by atoms with van der Waals surface area (Å²) in [6, 6.07) is 6.62. The zero-order valence-electron chi connectivity index (χ0n) is 8.01. The van der Waals surface area contributed by atoms with Crippen LogP contribution in [-0.4, -0.2) is 20.6 Å². The first-order valence-corrected chi connectivity index (χ1v) is 6.02. The van der Waals surface area contributed by atoms with Crippen LogP contribution in [0.25, 0.3) is 0 Å². The number of carbonyl (C=O) groups is 1. The van der Waals surface area contributed by atoms with Gasteiger partial charge in [-0.1, -0.05) is 30.3 Å². The first-order valence-electron chi connectivity index (χ1n) is 4.13. The van der Waals surface area contributed by atoms with Crippen molar-refractivity contribution in [3.8, 4) is 0 Å². The molecule has 6 heteroatoms. The molecule has 0 aliphatic heterocycles. The van der Waals surface area contributed by atoms with Crippen LogP contribution >= 0.6 is 0 Å². The Balaban J connectivity index is 3.00. The van der Waals surface area contributed by atoms with Gasteiger partial charge in [-0.05, 0) is 5.56 Å². The summed E-state index contributed by atoms with van der Waals surface area (Å²) in [5, 5.41) is 10.7. The Morgan fingerprint density at radius 1 is 1.33 bits per heavy atom. The third kappa shape index (κ3) is 3.69. The van der Waals surface area contributed by atoms with Gasteiger partial charge in [0.25, 0.3) is 0 Å². The Kier molecular flexibility index (Phi) is 3.43. The first-order chi connectivity index (χ1) is 6.90. The van der Waals surface area contributed by atoms with Crippen LogP contribution < -0.4 is 9.83 Å². The van der Waals surface area contributed by atoms with E-state index in [0.717, 1.165) is 6.26 Å². The maximum atomic E-state index is 10.9. The summed E-state index contributed by atoms with van der Waals surface area (Å²) in [6.45, 7) is 0. The summed E-state index contributed by atoms with van der Waals surface area (Å²) in [4.78, 5) is 10.7. The normalized spacial score (nSPS) is 13.4. The lowest BCUT2D eigenvalue weighted by molar-refractivity contribution is -0.308. The summed E-state index contributed by atoms with van der Waals surface area (Å²) in [5.41, 5.74) is 0.336. The number of hydrogen-bond donors (Lipinski definition) is 1. The molecule has 0 bridgehead atoms. The van der Waals surface area contributed by atoms with E-state index in [4.69, 9.17) is 0 Å². The molecule has 1 aromatic rings. The van der Waals surface area contributed by atoms with Crippen molar-refractivity contribution >= 4 is 16.0 Å². The molecule has 0 heterocycles. The van der Waals surface area contributed by atoms with E-state index in [9.17, 15) is 18.3 Å². The number of carboxylic acids is 1. The number of aliphatic carboxylic acids is 1.